The minimum atomic E-state index is -0.0891. The third-order valence-electron chi connectivity index (χ3n) is 3.05. The Morgan fingerprint density at radius 3 is 2.56 bits per heavy atom. The number of hydrogen-bond acceptors (Lipinski definition) is 3. The average Bonchev–Trinajstić information content (AvgIpc) is 2.89. The summed E-state index contributed by atoms with van der Waals surface area (Å²) in [6, 6.07) is 7.15. The van der Waals surface area contributed by atoms with Crippen molar-refractivity contribution in [2.75, 3.05) is 6.54 Å². The SMILES string of the molecule is O=C1C(C2=NCCC2)=C(O)c2ccccc21. The number of benzene rings is 1. The Labute approximate surface area is 93.1 Å². The van der Waals surface area contributed by atoms with Gasteiger partial charge in [0.1, 0.15) is 5.76 Å². The van der Waals surface area contributed by atoms with Crippen LogP contribution in [-0.4, -0.2) is 23.1 Å². The quantitative estimate of drug-likeness (QED) is 0.778. The minimum absolute atomic E-state index is 0.0891. The lowest BCUT2D eigenvalue weighted by Crippen LogP contribution is -2.08. The molecule has 0 saturated carbocycles. The summed E-state index contributed by atoms with van der Waals surface area (Å²) in [7, 11) is 0. The monoisotopic (exact) mass is 213 g/mol. The Kier molecular flexibility index (Phi) is 1.93. The van der Waals surface area contributed by atoms with Crippen molar-refractivity contribution in [2.45, 2.75) is 12.8 Å². The van der Waals surface area contributed by atoms with E-state index in [0.29, 0.717) is 16.7 Å². The van der Waals surface area contributed by atoms with Gasteiger partial charge in [0.15, 0.2) is 5.78 Å². The lowest BCUT2D eigenvalue weighted by molar-refractivity contribution is 0.104. The van der Waals surface area contributed by atoms with Crippen molar-refractivity contribution in [3.8, 4) is 0 Å². The topological polar surface area (TPSA) is 49.7 Å². The van der Waals surface area contributed by atoms with Gasteiger partial charge in [0, 0.05) is 23.4 Å². The Balaban J connectivity index is 2.16. The fourth-order valence-corrected chi connectivity index (χ4v) is 2.28. The lowest BCUT2D eigenvalue weighted by Gasteiger charge is -1.99. The van der Waals surface area contributed by atoms with Gasteiger partial charge in [0.25, 0.3) is 0 Å². The summed E-state index contributed by atoms with van der Waals surface area (Å²) in [6.45, 7) is 0.760. The van der Waals surface area contributed by atoms with Gasteiger partial charge in [-0.15, -0.1) is 0 Å². The molecule has 2 aliphatic rings. The second kappa shape index (κ2) is 3.30. The van der Waals surface area contributed by atoms with Crippen LogP contribution in [0.3, 0.4) is 0 Å². The summed E-state index contributed by atoms with van der Waals surface area (Å²) in [4.78, 5) is 16.4. The second-order valence-corrected chi connectivity index (χ2v) is 4.03. The van der Waals surface area contributed by atoms with E-state index in [1.807, 2.05) is 12.1 Å². The van der Waals surface area contributed by atoms with Crippen LogP contribution < -0.4 is 0 Å². The molecule has 1 aliphatic heterocycles. The van der Waals surface area contributed by atoms with Crippen LogP contribution in [0.4, 0.5) is 0 Å². The van der Waals surface area contributed by atoms with Gasteiger partial charge in [-0.3, -0.25) is 9.79 Å². The highest BCUT2D eigenvalue weighted by atomic mass is 16.3. The molecule has 0 unspecified atom stereocenters. The van der Waals surface area contributed by atoms with E-state index in [-0.39, 0.29) is 11.5 Å². The number of aliphatic hydroxyl groups is 1. The molecule has 1 aliphatic carbocycles. The number of rotatable bonds is 1. The maximum Gasteiger partial charge on any atom is 0.199 e. The van der Waals surface area contributed by atoms with E-state index in [2.05, 4.69) is 4.99 Å². The van der Waals surface area contributed by atoms with Crippen molar-refractivity contribution >= 4 is 17.3 Å². The molecule has 0 fully saturated rings. The normalized spacial score (nSPS) is 19.0. The zero-order valence-electron chi connectivity index (χ0n) is 8.73. The van der Waals surface area contributed by atoms with E-state index >= 15 is 0 Å². The Morgan fingerprint density at radius 2 is 1.94 bits per heavy atom. The van der Waals surface area contributed by atoms with Crippen molar-refractivity contribution in [2.24, 2.45) is 4.99 Å². The molecule has 80 valence electrons. The van der Waals surface area contributed by atoms with E-state index < -0.39 is 0 Å². The largest absolute Gasteiger partial charge is 0.506 e. The Bertz CT molecular complexity index is 541. The predicted octanol–water partition coefficient (Wildman–Crippen LogP) is 2.39. The molecule has 1 aromatic carbocycles. The van der Waals surface area contributed by atoms with Crippen LogP contribution in [0.15, 0.2) is 34.8 Å². The first-order valence-corrected chi connectivity index (χ1v) is 5.40. The van der Waals surface area contributed by atoms with Crippen molar-refractivity contribution in [3.05, 3.63) is 41.0 Å². The number of carbonyl (C=O) groups excluding carboxylic acids is 1. The van der Waals surface area contributed by atoms with Gasteiger partial charge in [-0.05, 0) is 12.8 Å². The number of aliphatic hydroxyl groups excluding tert-OH is 1. The number of aliphatic imine (C=N–C) groups is 1. The van der Waals surface area contributed by atoms with Crippen LogP contribution in [0.25, 0.3) is 5.76 Å². The van der Waals surface area contributed by atoms with Crippen LogP contribution in [0, 0.1) is 0 Å². The lowest BCUT2D eigenvalue weighted by atomic mass is 10.0. The summed E-state index contributed by atoms with van der Waals surface area (Å²) in [5, 5.41) is 10.0. The summed E-state index contributed by atoms with van der Waals surface area (Å²) >= 11 is 0. The molecule has 1 N–H and O–H groups in total. The number of nitrogens with zero attached hydrogens (tertiary/aromatic N) is 1. The van der Waals surface area contributed by atoms with Gasteiger partial charge < -0.3 is 5.11 Å². The Morgan fingerprint density at radius 1 is 1.19 bits per heavy atom. The van der Waals surface area contributed by atoms with Crippen molar-refractivity contribution in [1.82, 2.24) is 0 Å². The third kappa shape index (κ3) is 1.14. The first-order chi connectivity index (χ1) is 7.79. The Hall–Kier alpha value is -1.90. The molecule has 1 heterocycles. The summed E-state index contributed by atoms with van der Waals surface area (Å²) in [6.07, 6.45) is 1.76. The molecular weight excluding hydrogens is 202 g/mol. The van der Waals surface area contributed by atoms with Crippen molar-refractivity contribution in [1.29, 1.82) is 0 Å². The van der Waals surface area contributed by atoms with E-state index in [1.165, 1.54) is 0 Å². The molecule has 0 spiro atoms. The molecule has 3 nitrogen and oxygen atoms in total. The van der Waals surface area contributed by atoms with Gasteiger partial charge in [0.2, 0.25) is 0 Å². The number of Topliss-reactive ketones (excluding diaryl/α,β-unsaturated/α-hetero) is 1. The third-order valence-corrected chi connectivity index (χ3v) is 3.05. The van der Waals surface area contributed by atoms with E-state index in [1.54, 1.807) is 12.1 Å². The maximum absolute atomic E-state index is 12.1. The molecule has 0 radical (unpaired) electrons. The molecule has 0 saturated heterocycles. The summed E-state index contributed by atoms with van der Waals surface area (Å²) in [5.74, 6) is 0.00926. The van der Waals surface area contributed by atoms with Crippen molar-refractivity contribution in [3.63, 3.8) is 0 Å². The zero-order chi connectivity index (χ0) is 11.1. The number of ketones is 1. The molecule has 0 amide bonds. The molecule has 3 heteroatoms. The zero-order valence-corrected chi connectivity index (χ0v) is 8.73. The van der Waals surface area contributed by atoms with Crippen LogP contribution in [0.2, 0.25) is 0 Å². The van der Waals surface area contributed by atoms with Gasteiger partial charge in [-0.25, -0.2) is 0 Å². The average molecular weight is 213 g/mol. The molecule has 3 rings (SSSR count). The maximum atomic E-state index is 12.1. The summed E-state index contributed by atoms with van der Waals surface area (Å²) < 4.78 is 0. The van der Waals surface area contributed by atoms with Gasteiger partial charge >= 0.3 is 0 Å². The molecule has 0 bridgehead atoms. The highest BCUT2D eigenvalue weighted by Gasteiger charge is 2.32. The first-order valence-electron chi connectivity index (χ1n) is 5.40. The minimum Gasteiger partial charge on any atom is -0.506 e. The number of carbonyl (C=O) groups is 1. The fraction of sp³-hybridized carbons (Fsp3) is 0.231. The van der Waals surface area contributed by atoms with Gasteiger partial charge in [0.05, 0.1) is 5.57 Å². The van der Waals surface area contributed by atoms with E-state index in [9.17, 15) is 9.90 Å². The van der Waals surface area contributed by atoms with Crippen molar-refractivity contribution < 1.29 is 9.90 Å². The summed E-state index contributed by atoms with van der Waals surface area (Å²) in [5.41, 5.74) is 2.40. The molecule has 1 aromatic rings. The number of allylic oxidation sites excluding steroid dienone is 1. The number of fused-ring (bicyclic) bond motifs is 1. The second-order valence-electron chi connectivity index (χ2n) is 4.03. The van der Waals surface area contributed by atoms with Gasteiger partial charge in [-0.1, -0.05) is 24.3 Å². The fourth-order valence-electron chi connectivity index (χ4n) is 2.28. The molecule has 16 heavy (non-hydrogen) atoms. The van der Waals surface area contributed by atoms with Crippen LogP contribution >= 0.6 is 0 Å². The first kappa shape index (κ1) is 9.33. The van der Waals surface area contributed by atoms with Crippen LogP contribution in [-0.2, 0) is 0 Å². The van der Waals surface area contributed by atoms with E-state index in [0.717, 1.165) is 25.1 Å². The molecule has 0 aromatic heterocycles. The highest BCUT2D eigenvalue weighted by Crippen LogP contribution is 2.33. The molecule has 0 atom stereocenters. The standard InChI is InChI=1S/C13H11NO2/c15-12-8-4-1-2-5-9(8)13(16)11(12)10-6-3-7-14-10/h1-2,4-5,15H,3,6-7H2. The van der Waals surface area contributed by atoms with Gasteiger partial charge in [-0.2, -0.15) is 0 Å². The van der Waals surface area contributed by atoms with Crippen LogP contribution in [0.1, 0.15) is 28.8 Å². The highest BCUT2D eigenvalue weighted by molar-refractivity contribution is 6.35. The smallest absolute Gasteiger partial charge is 0.199 e. The predicted molar refractivity (Wildman–Crippen MR) is 61.9 cm³/mol. The number of hydrogen-bond donors (Lipinski definition) is 1. The van der Waals surface area contributed by atoms with Crippen LogP contribution in [0.5, 0.6) is 0 Å². The molecular formula is C13H11NO2. The van der Waals surface area contributed by atoms with E-state index in [4.69, 9.17) is 0 Å².